The van der Waals surface area contributed by atoms with E-state index in [0.717, 1.165) is 111 Å². The number of likely N-dealkylation sites (tertiary alicyclic amines) is 3. The second-order valence-electron chi connectivity index (χ2n) is 26.0. The van der Waals surface area contributed by atoms with Gasteiger partial charge in [0.25, 0.3) is 0 Å². The van der Waals surface area contributed by atoms with Crippen LogP contribution in [0, 0.1) is 13.8 Å². The minimum atomic E-state index is -4.64. The molecular formula is C68H95F3N12O3Si. The zero-order chi connectivity index (χ0) is 59.6. The van der Waals surface area contributed by atoms with Crippen molar-refractivity contribution < 1.29 is 27.4 Å². The van der Waals surface area contributed by atoms with Crippen molar-refractivity contribution in [2.75, 3.05) is 63.8 Å². The van der Waals surface area contributed by atoms with Crippen molar-refractivity contribution in [3.8, 4) is 5.75 Å². The number of pyridine rings is 2. The van der Waals surface area contributed by atoms with Gasteiger partial charge in [-0.25, -0.2) is 9.97 Å². The molecule has 4 bridgehead atoms. The summed E-state index contributed by atoms with van der Waals surface area (Å²) in [6.07, 6.45) is 9.92. The van der Waals surface area contributed by atoms with Crippen molar-refractivity contribution in [1.29, 1.82) is 0 Å². The van der Waals surface area contributed by atoms with Gasteiger partial charge >= 0.3 is 6.18 Å². The smallest absolute Gasteiger partial charge is 0.446 e. The Morgan fingerprint density at radius 1 is 0.678 bits per heavy atom. The molecule has 2 N–H and O–H groups in total. The van der Waals surface area contributed by atoms with Crippen LogP contribution in [0.1, 0.15) is 143 Å². The van der Waals surface area contributed by atoms with Crippen molar-refractivity contribution in [1.82, 2.24) is 49.5 Å². The third-order valence-corrected chi connectivity index (χ3v) is 20.3. The van der Waals surface area contributed by atoms with E-state index in [-0.39, 0.29) is 33.0 Å². The molecule has 4 unspecified atom stereocenters. The number of methoxy groups -OCH3 is 1. The molecule has 0 aliphatic carbocycles. The Kier molecular flexibility index (Phi) is 21.1. The highest BCUT2D eigenvalue weighted by atomic mass is 28.3. The zero-order valence-corrected chi connectivity index (χ0v) is 52.0. The van der Waals surface area contributed by atoms with Crippen molar-refractivity contribution in [2.24, 2.45) is 0 Å². The minimum absolute atomic E-state index is 0. The number of piperidine rings is 2. The molecule has 10 heterocycles. The van der Waals surface area contributed by atoms with Crippen molar-refractivity contribution >= 4 is 47.8 Å². The van der Waals surface area contributed by atoms with Crippen LogP contribution >= 0.6 is 0 Å². The number of nitrogens with one attached hydrogen (secondary N) is 2. The number of aryl methyl sites for hydroxylation is 2. The minimum Gasteiger partial charge on any atom is -0.497 e. The highest BCUT2D eigenvalue weighted by Gasteiger charge is 2.43. The normalized spacial score (nSPS) is 24.2. The molecule has 0 radical (unpaired) electrons. The Labute approximate surface area is 515 Å². The van der Waals surface area contributed by atoms with E-state index in [1.165, 1.54) is 77.1 Å². The number of carbonyl (C=O) groups is 1. The molecule has 87 heavy (non-hydrogen) atoms. The van der Waals surface area contributed by atoms with Gasteiger partial charge in [0.15, 0.2) is 0 Å². The molecule has 8 atom stereocenters. The molecule has 13 rings (SSSR count). The first-order valence-corrected chi connectivity index (χ1v) is 34.6. The van der Waals surface area contributed by atoms with Crippen LogP contribution in [0.3, 0.4) is 0 Å². The number of benzene rings is 3. The largest absolute Gasteiger partial charge is 0.497 e. The Balaban J connectivity index is 0.000000198. The van der Waals surface area contributed by atoms with Crippen LogP contribution in [0.2, 0.25) is 25.7 Å². The number of alkyl halides is 3. The van der Waals surface area contributed by atoms with Gasteiger partial charge in [-0.15, -0.1) is 0 Å². The third kappa shape index (κ3) is 14.8. The summed E-state index contributed by atoms with van der Waals surface area (Å²) in [5, 5.41) is 3.85. The SMILES string of the molecule is C.C.COc1ccc(CN2[C@@H](c3nc4cccc(N5C6CCC5CN(C)C6)c4n3COCC[Si](C)(C)C)CCC[C@H]2c2ncccc2C)cc1.Cc1cccnc1[C@@H]1CCC[C@H](c2nc3c(N4C5CCC4CN(C)C5)cccc3[nH]2)N1.O=CC(F)(F)F. The number of carbonyl (C=O) groups excluding carboxylic acids is 1. The number of anilines is 2. The summed E-state index contributed by atoms with van der Waals surface area (Å²) in [4.78, 5) is 45.8. The van der Waals surface area contributed by atoms with Crippen LogP contribution in [0.4, 0.5) is 24.5 Å². The second kappa shape index (κ2) is 28.1. The van der Waals surface area contributed by atoms with Gasteiger partial charge in [-0.05, 0) is 163 Å². The number of aromatic nitrogens is 6. The van der Waals surface area contributed by atoms with Gasteiger partial charge < -0.3 is 38.6 Å². The number of ether oxygens (including phenoxy) is 2. The predicted molar refractivity (Wildman–Crippen MR) is 347 cm³/mol. The molecule has 6 saturated heterocycles. The molecule has 6 fully saturated rings. The van der Waals surface area contributed by atoms with Crippen molar-refractivity contribution in [3.05, 3.63) is 137 Å². The number of imidazole rings is 2. The molecule has 7 aromatic rings. The molecule has 6 aliphatic rings. The van der Waals surface area contributed by atoms with Gasteiger partial charge in [-0.1, -0.05) is 70.9 Å². The Bertz CT molecular complexity index is 3360. The number of aldehydes is 1. The molecule has 0 saturated carbocycles. The summed E-state index contributed by atoms with van der Waals surface area (Å²) in [7, 11) is 5.03. The highest BCUT2D eigenvalue weighted by Crippen LogP contribution is 2.46. The maximum atomic E-state index is 10.4. The standard InChI is InChI=1S/C39H54N6O2Si.C25H32N6.C2HF3O.2CH4/c1-28-10-9-21-40-37(28)34-12-8-14-36(43(34)24-29-15-19-32(46-3)20-16-29)39-41-33-11-7-13-35(45-30-17-18-31(45)26-42(2)25-30)38(33)44(39)27-47-22-23-48(4,5)6;1-16-6-5-13-26-23(16)19-7-3-9-21(27-19)25-28-20-8-4-10-22(24(20)29-25)31-17-11-12-18(31)15-30(2)14-17;3-2(4,5)1-6;;/h7,9-11,13,15-16,19-21,30-31,34,36H,8,12,14,17-18,22-27H2,1-6H3;4-6,8,10,13,17-19,21,27H,3,7,9,11-12,14-15H2,1-2H3,(H,28,29);1H;2*1H4/t30?,31?,34-,36+;17?,18?,19-,21+;;;/m00.../s1. The summed E-state index contributed by atoms with van der Waals surface area (Å²) in [5.41, 5.74) is 13.4. The number of aromatic amines is 1. The topological polar surface area (TPSA) is 136 Å². The van der Waals surface area contributed by atoms with Gasteiger partial charge in [0.2, 0.25) is 6.29 Å². The lowest BCUT2D eigenvalue weighted by atomic mass is 9.90. The van der Waals surface area contributed by atoms with E-state index in [0.29, 0.717) is 36.9 Å². The van der Waals surface area contributed by atoms with Gasteiger partial charge in [0.05, 0.1) is 70.6 Å². The van der Waals surface area contributed by atoms with Crippen molar-refractivity contribution in [3.63, 3.8) is 0 Å². The number of hydrogen-bond donors (Lipinski definition) is 2. The Hall–Kier alpha value is -6.22. The van der Waals surface area contributed by atoms with Crippen LogP contribution in [0.25, 0.3) is 22.1 Å². The number of halogens is 3. The first-order chi connectivity index (χ1) is 40.9. The number of piperazine rings is 2. The number of hydrogen-bond acceptors (Lipinski definition) is 13. The van der Waals surface area contributed by atoms with Gasteiger partial charge in [-0.2, -0.15) is 13.2 Å². The molecule has 4 aromatic heterocycles. The summed E-state index contributed by atoms with van der Waals surface area (Å²) < 4.78 is 45.8. The molecule has 0 amide bonds. The average molecular weight is 1210 g/mol. The van der Waals surface area contributed by atoms with E-state index in [1.807, 2.05) is 18.5 Å². The fraction of sp³-hybridized carbons (Fsp3) is 0.544. The summed E-state index contributed by atoms with van der Waals surface area (Å²) in [5.74, 6) is 3.08. The fourth-order valence-corrected chi connectivity index (χ4v) is 15.4. The van der Waals surface area contributed by atoms with E-state index in [2.05, 4.69) is 171 Å². The summed E-state index contributed by atoms with van der Waals surface area (Å²) in [6, 6.07) is 34.7. The lowest BCUT2D eigenvalue weighted by Crippen LogP contribution is -2.52. The van der Waals surface area contributed by atoms with Gasteiger partial charge in [0.1, 0.15) is 29.6 Å². The lowest BCUT2D eigenvalue weighted by molar-refractivity contribution is -0.156. The number of likely N-dealkylation sites (N-methyl/N-ethyl adjacent to an activating group) is 2. The van der Waals surface area contributed by atoms with E-state index in [4.69, 9.17) is 29.2 Å². The van der Waals surface area contributed by atoms with Crippen LogP contribution in [0.15, 0.2) is 97.3 Å². The quantitative estimate of drug-likeness (QED) is 0.0608. The van der Waals surface area contributed by atoms with E-state index in [1.54, 1.807) is 7.11 Å². The van der Waals surface area contributed by atoms with E-state index < -0.39 is 20.5 Å². The predicted octanol–water partition coefficient (Wildman–Crippen LogP) is 13.9. The Morgan fingerprint density at radius 3 is 1.84 bits per heavy atom. The highest BCUT2D eigenvalue weighted by molar-refractivity contribution is 6.76. The van der Waals surface area contributed by atoms with E-state index >= 15 is 0 Å². The fourth-order valence-electron chi connectivity index (χ4n) is 14.6. The van der Waals surface area contributed by atoms with Crippen LogP contribution in [-0.4, -0.2) is 143 Å². The maximum Gasteiger partial charge on any atom is 0.446 e. The third-order valence-electron chi connectivity index (χ3n) is 18.6. The molecular weight excluding hydrogens is 1120 g/mol. The van der Waals surface area contributed by atoms with Crippen molar-refractivity contribution in [2.45, 2.75) is 186 Å². The molecule has 19 heteroatoms. The van der Waals surface area contributed by atoms with Gasteiger partial charge in [0, 0.05) is 84.0 Å². The monoisotopic (exact) mass is 1210 g/mol. The first-order valence-electron chi connectivity index (χ1n) is 30.9. The number of rotatable bonds is 14. The first kappa shape index (κ1) is 65.2. The molecule has 470 valence electrons. The number of para-hydroxylation sites is 2. The number of H-pyrrole nitrogens is 1. The molecule has 15 nitrogen and oxygen atoms in total. The van der Waals surface area contributed by atoms with E-state index in [9.17, 15) is 13.2 Å². The average Bonchev–Trinajstić information content (AvgIpc) is 1.76. The summed E-state index contributed by atoms with van der Waals surface area (Å²) in [6.45, 7) is 18.3. The lowest BCUT2D eigenvalue weighted by Gasteiger charge is -2.42. The zero-order valence-electron chi connectivity index (χ0n) is 51.0. The van der Waals surface area contributed by atoms with Gasteiger partial charge in [-0.3, -0.25) is 25.0 Å². The molecule has 3 aromatic carbocycles. The van der Waals surface area contributed by atoms with Crippen LogP contribution < -0.4 is 19.9 Å². The number of fused-ring (bicyclic) bond motifs is 6. The molecule has 6 aliphatic heterocycles. The maximum absolute atomic E-state index is 10.4. The van der Waals surface area contributed by atoms with Crippen LogP contribution in [-0.2, 0) is 22.8 Å². The van der Waals surface area contributed by atoms with Crippen LogP contribution in [0.5, 0.6) is 5.75 Å². The molecule has 0 spiro atoms. The Morgan fingerprint density at radius 2 is 1.24 bits per heavy atom. The number of nitrogens with zero attached hydrogens (tertiary/aromatic N) is 10. The summed E-state index contributed by atoms with van der Waals surface area (Å²) >= 11 is 0. The second-order valence-corrected chi connectivity index (χ2v) is 31.6.